The quantitative estimate of drug-likeness (QED) is 0.126. The second-order valence-corrected chi connectivity index (χ2v) is 15.3. The molecule has 0 fully saturated rings. The zero-order valence-electron chi connectivity index (χ0n) is 33.0. The minimum Gasteiger partial charge on any atom is -0.501 e. The average Bonchev–Trinajstić information content (AvgIpc) is 3.60. The number of benzene rings is 6. The standard InChI is InChI=1S/C51H38B2N2O2.Pt/c1-31-15-12-16-32(2)48(31)52-41-21-7-8-22-42(41)53(49-33(3)17-13-18-34(49)4)50-43(52)27-36(44-24-14-19-35(5)55-44)28-47(50)56-37-29-39-38-20-6-9-25-46(38)57-51(39)40(30-37)45-23-10-11-26-54-45;/h6-27,29H,1-5H3;/q-2;+2. The molecule has 0 atom stereocenters. The molecule has 9 aromatic rings. The molecule has 0 N–H and O–H groups in total. The van der Waals surface area contributed by atoms with E-state index < -0.39 is 0 Å². The molecule has 4 nitrogen and oxygen atoms in total. The van der Waals surface area contributed by atoms with Gasteiger partial charge in [0.15, 0.2) is 6.71 Å². The third-order valence-corrected chi connectivity index (χ3v) is 11.7. The van der Waals surface area contributed by atoms with Crippen LogP contribution in [0, 0.1) is 46.8 Å². The fraction of sp³-hybridized carbons (Fsp3) is 0.0980. The molecule has 280 valence electrons. The summed E-state index contributed by atoms with van der Waals surface area (Å²) in [6.07, 6.45) is 1.80. The molecule has 3 aromatic heterocycles. The van der Waals surface area contributed by atoms with Crippen LogP contribution >= 0.6 is 0 Å². The number of aromatic nitrogens is 2. The van der Waals surface area contributed by atoms with Gasteiger partial charge >= 0.3 is 21.1 Å². The van der Waals surface area contributed by atoms with E-state index in [0.29, 0.717) is 11.5 Å². The smallest absolute Gasteiger partial charge is 0.501 e. The van der Waals surface area contributed by atoms with Gasteiger partial charge in [-0.1, -0.05) is 176 Å². The fourth-order valence-corrected chi connectivity index (χ4v) is 9.17. The number of fused-ring (bicyclic) bond motifs is 5. The fourth-order valence-electron chi connectivity index (χ4n) is 9.17. The average molecular weight is 928 g/mol. The maximum absolute atomic E-state index is 7.34. The van der Waals surface area contributed by atoms with Crippen LogP contribution < -0.4 is 37.5 Å². The molecule has 0 bridgehead atoms. The molecule has 0 aliphatic carbocycles. The summed E-state index contributed by atoms with van der Waals surface area (Å²) in [5, 5.41) is 1.94. The molecule has 0 amide bonds. The van der Waals surface area contributed by atoms with E-state index in [2.05, 4.69) is 131 Å². The van der Waals surface area contributed by atoms with Crippen LogP contribution in [0.5, 0.6) is 11.5 Å². The van der Waals surface area contributed by atoms with Crippen LogP contribution in [0.1, 0.15) is 27.9 Å². The predicted octanol–water partition coefficient (Wildman–Crippen LogP) is 7.99. The topological polar surface area (TPSA) is 48.2 Å². The second kappa shape index (κ2) is 15.1. The summed E-state index contributed by atoms with van der Waals surface area (Å²) in [6, 6.07) is 54.2. The van der Waals surface area contributed by atoms with E-state index in [-0.39, 0.29) is 34.5 Å². The monoisotopic (exact) mass is 927 g/mol. The largest absolute Gasteiger partial charge is 2.00 e. The number of furan rings is 1. The van der Waals surface area contributed by atoms with E-state index in [1.807, 2.05) is 49.4 Å². The van der Waals surface area contributed by atoms with Gasteiger partial charge in [0.1, 0.15) is 5.58 Å². The van der Waals surface area contributed by atoms with E-state index in [1.165, 1.54) is 49.6 Å². The summed E-state index contributed by atoms with van der Waals surface area (Å²) < 4.78 is 13.8. The van der Waals surface area contributed by atoms with Crippen LogP contribution in [-0.4, -0.2) is 23.4 Å². The van der Waals surface area contributed by atoms with Crippen molar-refractivity contribution in [2.24, 2.45) is 0 Å². The first-order valence-corrected chi connectivity index (χ1v) is 19.6. The summed E-state index contributed by atoms with van der Waals surface area (Å²) in [6.45, 7) is 10.8. The van der Waals surface area contributed by atoms with Gasteiger partial charge in [-0.3, -0.25) is 0 Å². The van der Waals surface area contributed by atoms with E-state index >= 15 is 0 Å². The maximum atomic E-state index is 7.34. The van der Waals surface area contributed by atoms with Crippen LogP contribution in [-0.2, 0) is 21.1 Å². The van der Waals surface area contributed by atoms with Crippen LogP contribution in [0.2, 0.25) is 0 Å². The van der Waals surface area contributed by atoms with Crippen molar-refractivity contribution in [3.05, 3.63) is 180 Å². The van der Waals surface area contributed by atoms with Crippen molar-refractivity contribution in [1.29, 1.82) is 0 Å². The van der Waals surface area contributed by atoms with Crippen molar-refractivity contribution in [3.63, 3.8) is 0 Å². The van der Waals surface area contributed by atoms with Gasteiger partial charge in [-0.05, 0) is 64.2 Å². The molecule has 1 aliphatic rings. The van der Waals surface area contributed by atoms with Crippen LogP contribution in [0.4, 0.5) is 0 Å². The third-order valence-electron chi connectivity index (χ3n) is 11.7. The minimum atomic E-state index is -0.127. The number of para-hydroxylation sites is 1. The Bertz CT molecular complexity index is 2990. The molecule has 6 aromatic carbocycles. The first kappa shape index (κ1) is 37.6. The third kappa shape index (κ3) is 6.31. The van der Waals surface area contributed by atoms with Crippen molar-refractivity contribution >= 4 is 68.1 Å². The number of hydrogen-bond acceptors (Lipinski definition) is 4. The summed E-state index contributed by atoms with van der Waals surface area (Å²) >= 11 is 0. The Kier molecular flexibility index (Phi) is 9.78. The van der Waals surface area contributed by atoms with Gasteiger partial charge in [0.2, 0.25) is 6.71 Å². The molecule has 4 heterocycles. The number of hydrogen-bond donors (Lipinski definition) is 0. The summed E-state index contributed by atoms with van der Waals surface area (Å²) in [5.41, 5.74) is 18.1. The van der Waals surface area contributed by atoms with Gasteiger partial charge in [0.05, 0.1) is 5.58 Å². The van der Waals surface area contributed by atoms with E-state index in [4.69, 9.17) is 19.1 Å². The zero-order valence-corrected chi connectivity index (χ0v) is 35.2. The molecule has 7 heteroatoms. The first-order chi connectivity index (χ1) is 27.8. The van der Waals surface area contributed by atoms with Gasteiger partial charge in [-0.2, -0.15) is 5.46 Å². The first-order valence-electron chi connectivity index (χ1n) is 19.6. The SMILES string of the molecule is Cc1cccc(-c2[c-]c(Oc3[c-]c(-c4ccccn4)c4oc5ccccc5c4c3)c3c(c2)B(c2c(C)cccc2C)c2ccccc2B3c2c(C)cccc2C)n1.[Pt+2]. The zero-order chi connectivity index (χ0) is 38.8. The molecule has 58 heavy (non-hydrogen) atoms. The Morgan fingerprint density at radius 3 is 1.86 bits per heavy atom. The van der Waals surface area contributed by atoms with Crippen molar-refractivity contribution in [3.8, 4) is 34.0 Å². The normalized spacial score (nSPS) is 12.0. The van der Waals surface area contributed by atoms with Crippen molar-refractivity contribution < 1.29 is 30.2 Å². The molecular weight excluding hydrogens is 889 g/mol. The van der Waals surface area contributed by atoms with Gasteiger partial charge in [-0.25, -0.2) is 0 Å². The predicted molar refractivity (Wildman–Crippen MR) is 237 cm³/mol. The van der Waals surface area contributed by atoms with Crippen LogP contribution in [0.25, 0.3) is 44.5 Å². The van der Waals surface area contributed by atoms with Gasteiger partial charge in [0, 0.05) is 28.8 Å². The molecule has 1 aliphatic heterocycles. The maximum Gasteiger partial charge on any atom is 2.00 e. The molecule has 0 saturated heterocycles. The van der Waals surface area contributed by atoms with Crippen molar-refractivity contribution in [2.45, 2.75) is 34.6 Å². The van der Waals surface area contributed by atoms with Gasteiger partial charge < -0.3 is 19.1 Å². The molecule has 10 rings (SSSR count). The summed E-state index contributed by atoms with van der Waals surface area (Å²) in [5.74, 6) is 1.21. The Morgan fingerprint density at radius 1 is 0.552 bits per heavy atom. The Morgan fingerprint density at radius 2 is 1.17 bits per heavy atom. The Labute approximate surface area is 354 Å². The molecule has 0 radical (unpaired) electrons. The van der Waals surface area contributed by atoms with E-state index in [0.717, 1.165) is 55.6 Å². The van der Waals surface area contributed by atoms with Gasteiger partial charge in [-0.15, -0.1) is 17.1 Å². The number of aryl methyl sites for hydroxylation is 5. The molecule has 0 saturated carbocycles. The van der Waals surface area contributed by atoms with Crippen LogP contribution in [0.3, 0.4) is 0 Å². The van der Waals surface area contributed by atoms with Crippen LogP contribution in [0.15, 0.2) is 144 Å². The Balaban J connectivity index is 0.00000436. The van der Waals surface area contributed by atoms with E-state index in [1.54, 1.807) is 6.20 Å². The van der Waals surface area contributed by atoms with Crippen molar-refractivity contribution in [2.75, 3.05) is 0 Å². The van der Waals surface area contributed by atoms with Crippen molar-refractivity contribution in [1.82, 2.24) is 9.97 Å². The van der Waals surface area contributed by atoms with Gasteiger partial charge in [0.25, 0.3) is 0 Å². The number of rotatable bonds is 6. The van der Waals surface area contributed by atoms with E-state index in [9.17, 15) is 0 Å². The Hall–Kier alpha value is -5.96. The summed E-state index contributed by atoms with van der Waals surface area (Å²) in [4.78, 5) is 9.77. The number of ether oxygens (including phenoxy) is 1. The molecule has 0 unspecified atom stereocenters. The molecule has 0 spiro atoms. The molecular formula is C51H38B2N2O2Pt. The minimum absolute atomic E-state index is 0. The number of nitrogens with zero attached hydrogens (tertiary/aromatic N) is 2. The second-order valence-electron chi connectivity index (χ2n) is 15.3. The number of pyridine rings is 2. The summed E-state index contributed by atoms with van der Waals surface area (Å²) in [7, 11) is 0.